The lowest BCUT2D eigenvalue weighted by molar-refractivity contribution is -0.137. The van der Waals surface area contributed by atoms with Gasteiger partial charge in [-0.15, -0.1) is 5.10 Å². The molecule has 2 rings (SSSR count). The second-order valence-corrected chi connectivity index (χ2v) is 6.52. The molecule has 7 heteroatoms. The molecule has 1 atom stereocenters. The summed E-state index contributed by atoms with van der Waals surface area (Å²) in [7, 11) is 0. The summed E-state index contributed by atoms with van der Waals surface area (Å²) in [5.74, 6) is -0.429. The normalized spacial score (nSPS) is 12.2. The molecule has 0 saturated heterocycles. The number of aryl methyl sites for hydroxylation is 1. The molecule has 0 bridgehead atoms. The van der Waals surface area contributed by atoms with Crippen molar-refractivity contribution >= 4 is 11.9 Å². The van der Waals surface area contributed by atoms with Gasteiger partial charge in [0.15, 0.2) is 0 Å². The molecule has 2 aromatic rings. The molecule has 2 N–H and O–H groups in total. The Balaban J connectivity index is 2.17. The van der Waals surface area contributed by atoms with Crippen LogP contribution in [0.15, 0.2) is 24.3 Å². The van der Waals surface area contributed by atoms with Crippen LogP contribution in [0.2, 0.25) is 0 Å². The minimum atomic E-state index is -0.884. The first-order chi connectivity index (χ1) is 11.8. The smallest absolute Gasteiger partial charge is 0.303 e. The topological polar surface area (TPSA) is 97.1 Å². The molecule has 0 fully saturated rings. The van der Waals surface area contributed by atoms with Gasteiger partial charge in [-0.25, -0.2) is 9.67 Å². The molecule has 0 radical (unpaired) electrons. The van der Waals surface area contributed by atoms with Crippen LogP contribution in [0, 0.1) is 12.8 Å². The number of carboxylic acid groups (broad SMARTS) is 1. The number of carbonyl (C=O) groups excluding carboxylic acids is 1. The second kappa shape index (κ2) is 7.92. The Hall–Kier alpha value is -2.70. The number of aliphatic carboxylic acids is 1. The van der Waals surface area contributed by atoms with Crippen LogP contribution in [0.3, 0.4) is 0 Å². The van der Waals surface area contributed by atoms with E-state index in [0.29, 0.717) is 11.7 Å². The van der Waals surface area contributed by atoms with Crippen molar-refractivity contribution in [3.05, 3.63) is 41.5 Å². The molecule has 1 aromatic carbocycles. The van der Waals surface area contributed by atoms with Crippen LogP contribution >= 0.6 is 0 Å². The highest BCUT2D eigenvalue weighted by Gasteiger charge is 2.18. The summed E-state index contributed by atoms with van der Waals surface area (Å²) in [5, 5.41) is 15.8. The van der Waals surface area contributed by atoms with Crippen LogP contribution in [0.4, 0.5) is 0 Å². The monoisotopic (exact) mass is 344 g/mol. The molecule has 0 aliphatic carbocycles. The summed E-state index contributed by atoms with van der Waals surface area (Å²) in [6, 6.07) is 7.89. The molecule has 7 nitrogen and oxygen atoms in total. The van der Waals surface area contributed by atoms with E-state index in [9.17, 15) is 9.59 Å². The van der Waals surface area contributed by atoms with Gasteiger partial charge in [-0.2, -0.15) is 0 Å². The van der Waals surface area contributed by atoms with Gasteiger partial charge in [0.1, 0.15) is 5.82 Å². The third kappa shape index (κ3) is 4.65. The minimum Gasteiger partial charge on any atom is -0.481 e. The van der Waals surface area contributed by atoms with E-state index in [0.717, 1.165) is 11.3 Å². The zero-order valence-electron chi connectivity index (χ0n) is 15.0. The van der Waals surface area contributed by atoms with Crippen LogP contribution in [-0.2, 0) is 4.79 Å². The van der Waals surface area contributed by atoms with Gasteiger partial charge < -0.3 is 10.4 Å². The Labute approximate surface area is 147 Å². The second-order valence-electron chi connectivity index (χ2n) is 6.52. The predicted molar refractivity (Wildman–Crippen MR) is 93.9 cm³/mol. The zero-order chi connectivity index (χ0) is 18.6. The van der Waals surface area contributed by atoms with Crippen molar-refractivity contribution < 1.29 is 14.7 Å². The summed E-state index contributed by atoms with van der Waals surface area (Å²) in [4.78, 5) is 27.2. The molecule has 25 heavy (non-hydrogen) atoms. The van der Waals surface area contributed by atoms with Gasteiger partial charge in [0, 0.05) is 13.0 Å². The highest BCUT2D eigenvalue weighted by Crippen LogP contribution is 2.23. The van der Waals surface area contributed by atoms with Gasteiger partial charge in [-0.05, 0) is 30.4 Å². The Kier molecular flexibility index (Phi) is 5.90. The summed E-state index contributed by atoms with van der Waals surface area (Å²) in [6.07, 6.45) is 0.00292. The highest BCUT2D eigenvalue weighted by atomic mass is 16.4. The number of benzene rings is 1. The summed E-state index contributed by atoms with van der Waals surface area (Å²) >= 11 is 0. The number of para-hydroxylation sites is 1. The molecule has 0 aliphatic heterocycles. The van der Waals surface area contributed by atoms with E-state index >= 15 is 0 Å². The molecule has 1 heterocycles. The number of aromatic nitrogens is 3. The van der Waals surface area contributed by atoms with Crippen molar-refractivity contribution in [2.45, 2.75) is 40.0 Å². The minimum absolute atomic E-state index is 0.00292. The summed E-state index contributed by atoms with van der Waals surface area (Å²) in [5.41, 5.74) is 2.03. The SMILES string of the molecule is Cc1nc(C(=O)NCC(C)CC(=O)O)nn1-c1ccccc1C(C)C. The van der Waals surface area contributed by atoms with Gasteiger partial charge in [0.05, 0.1) is 5.69 Å². The third-order valence-corrected chi connectivity index (χ3v) is 3.89. The Morgan fingerprint density at radius 3 is 2.56 bits per heavy atom. The lowest BCUT2D eigenvalue weighted by atomic mass is 10.0. The van der Waals surface area contributed by atoms with Crippen molar-refractivity contribution in [2.24, 2.45) is 5.92 Å². The Morgan fingerprint density at radius 2 is 1.92 bits per heavy atom. The van der Waals surface area contributed by atoms with Crippen molar-refractivity contribution in [1.82, 2.24) is 20.1 Å². The number of amides is 1. The molecule has 0 saturated carbocycles. The quantitative estimate of drug-likeness (QED) is 0.804. The maximum atomic E-state index is 12.3. The predicted octanol–water partition coefficient (Wildman–Crippen LogP) is 2.54. The highest BCUT2D eigenvalue weighted by molar-refractivity contribution is 5.90. The van der Waals surface area contributed by atoms with E-state index in [-0.39, 0.29) is 24.7 Å². The first kappa shape index (κ1) is 18.6. The van der Waals surface area contributed by atoms with Crippen LogP contribution < -0.4 is 5.32 Å². The third-order valence-electron chi connectivity index (χ3n) is 3.89. The first-order valence-corrected chi connectivity index (χ1v) is 8.32. The Bertz CT molecular complexity index is 767. The number of rotatable bonds is 7. The van der Waals surface area contributed by atoms with E-state index in [1.807, 2.05) is 24.3 Å². The molecular formula is C18H24N4O3. The average molecular weight is 344 g/mol. The van der Waals surface area contributed by atoms with Crippen LogP contribution in [0.1, 0.15) is 55.1 Å². The zero-order valence-corrected chi connectivity index (χ0v) is 15.0. The largest absolute Gasteiger partial charge is 0.481 e. The van der Waals surface area contributed by atoms with E-state index < -0.39 is 11.9 Å². The van der Waals surface area contributed by atoms with E-state index in [1.165, 1.54) is 0 Å². The van der Waals surface area contributed by atoms with E-state index in [2.05, 4.69) is 29.2 Å². The molecule has 0 aliphatic rings. The molecule has 134 valence electrons. The van der Waals surface area contributed by atoms with Crippen molar-refractivity contribution in [3.8, 4) is 5.69 Å². The fraction of sp³-hybridized carbons (Fsp3) is 0.444. The van der Waals surface area contributed by atoms with Crippen LogP contribution in [-0.4, -0.2) is 38.3 Å². The molecule has 1 aromatic heterocycles. The summed E-state index contributed by atoms with van der Waals surface area (Å²) < 4.78 is 1.67. The maximum Gasteiger partial charge on any atom is 0.303 e. The summed E-state index contributed by atoms with van der Waals surface area (Å²) in [6.45, 7) is 8.03. The van der Waals surface area contributed by atoms with Crippen LogP contribution in [0.25, 0.3) is 5.69 Å². The van der Waals surface area contributed by atoms with E-state index in [4.69, 9.17) is 5.11 Å². The van der Waals surface area contributed by atoms with Gasteiger partial charge in [0.25, 0.3) is 5.91 Å². The van der Waals surface area contributed by atoms with Gasteiger partial charge in [-0.3, -0.25) is 9.59 Å². The first-order valence-electron chi connectivity index (χ1n) is 8.32. The molecule has 1 amide bonds. The van der Waals surface area contributed by atoms with Gasteiger partial charge in [-0.1, -0.05) is 39.0 Å². The number of hydrogen-bond acceptors (Lipinski definition) is 4. The van der Waals surface area contributed by atoms with Gasteiger partial charge >= 0.3 is 5.97 Å². The van der Waals surface area contributed by atoms with Crippen molar-refractivity contribution in [3.63, 3.8) is 0 Å². The average Bonchev–Trinajstić information content (AvgIpc) is 2.93. The van der Waals surface area contributed by atoms with Crippen molar-refractivity contribution in [2.75, 3.05) is 6.54 Å². The standard InChI is InChI=1S/C18H24N4O3/c1-11(2)14-7-5-6-8-15(14)22-13(4)20-17(21-22)18(25)19-10-12(3)9-16(23)24/h5-8,11-12H,9-10H2,1-4H3,(H,19,25)(H,23,24). The fourth-order valence-corrected chi connectivity index (χ4v) is 2.60. The molecular weight excluding hydrogens is 320 g/mol. The van der Waals surface area contributed by atoms with Gasteiger partial charge in [0.2, 0.25) is 5.82 Å². The lowest BCUT2D eigenvalue weighted by Gasteiger charge is -2.12. The maximum absolute atomic E-state index is 12.3. The number of carboxylic acids is 1. The lowest BCUT2D eigenvalue weighted by Crippen LogP contribution is -2.30. The van der Waals surface area contributed by atoms with Crippen LogP contribution in [0.5, 0.6) is 0 Å². The number of nitrogens with zero attached hydrogens (tertiary/aromatic N) is 3. The number of hydrogen-bond donors (Lipinski definition) is 2. The number of carbonyl (C=O) groups is 2. The van der Waals surface area contributed by atoms with Crippen molar-refractivity contribution in [1.29, 1.82) is 0 Å². The number of nitrogens with one attached hydrogen (secondary N) is 1. The molecule has 0 spiro atoms. The fourth-order valence-electron chi connectivity index (χ4n) is 2.60. The van der Waals surface area contributed by atoms with E-state index in [1.54, 1.807) is 18.5 Å². The molecule has 1 unspecified atom stereocenters. The Morgan fingerprint density at radius 1 is 1.24 bits per heavy atom.